The van der Waals surface area contributed by atoms with Gasteiger partial charge in [0, 0.05) is 13.1 Å². The van der Waals surface area contributed by atoms with Crippen molar-refractivity contribution in [2.75, 3.05) is 33.4 Å². The number of carbonyl (C=O) groups excluding carboxylic acids is 1. The molecule has 0 radical (unpaired) electrons. The Bertz CT molecular complexity index is 466. The van der Waals surface area contributed by atoms with Crippen LogP contribution < -0.4 is 14.8 Å². The lowest BCUT2D eigenvalue weighted by molar-refractivity contribution is -0.153. The van der Waals surface area contributed by atoms with Gasteiger partial charge in [-0.15, -0.1) is 0 Å². The Morgan fingerprint density at radius 2 is 1.77 bits per heavy atom. The van der Waals surface area contributed by atoms with E-state index >= 15 is 0 Å². The quantitative estimate of drug-likeness (QED) is 0.558. The molecular formula is C14H18F3NO4. The summed E-state index contributed by atoms with van der Waals surface area (Å²) < 4.78 is 51.0. The summed E-state index contributed by atoms with van der Waals surface area (Å²) in [5.41, 5.74) is 0. The molecule has 1 aromatic carbocycles. The lowest BCUT2D eigenvalue weighted by atomic mass is 10.3. The predicted octanol–water partition coefficient (Wildman–Crippen LogP) is 2.16. The van der Waals surface area contributed by atoms with Crippen LogP contribution in [0.4, 0.5) is 13.2 Å². The molecule has 0 bridgehead atoms. The normalized spacial score (nSPS) is 11.1. The summed E-state index contributed by atoms with van der Waals surface area (Å²) >= 11 is 0. The number of hydrogen-bond acceptors (Lipinski definition) is 5. The standard InChI is InChI=1S/C14H18F3NO4/c1-20-13(19)6-7-18-8-9-21-11-4-2-3-5-12(11)22-10-14(15,16)17/h2-5,18H,6-10H2,1H3. The lowest BCUT2D eigenvalue weighted by Crippen LogP contribution is -2.24. The molecule has 8 heteroatoms. The van der Waals surface area contributed by atoms with E-state index in [1.54, 1.807) is 12.1 Å². The molecule has 1 rings (SSSR count). The summed E-state index contributed by atoms with van der Waals surface area (Å²) in [7, 11) is 1.31. The molecule has 0 saturated carbocycles. The second-order valence-corrected chi connectivity index (χ2v) is 4.28. The largest absolute Gasteiger partial charge is 0.488 e. The van der Waals surface area contributed by atoms with Gasteiger partial charge in [-0.25, -0.2) is 0 Å². The molecule has 1 aromatic rings. The number of methoxy groups -OCH3 is 1. The van der Waals surface area contributed by atoms with Crippen LogP contribution >= 0.6 is 0 Å². The van der Waals surface area contributed by atoms with Crippen molar-refractivity contribution in [2.45, 2.75) is 12.6 Å². The molecule has 0 amide bonds. The first kappa shape index (κ1) is 18.1. The number of esters is 1. The third-order valence-electron chi connectivity index (χ3n) is 2.51. The summed E-state index contributed by atoms with van der Waals surface area (Å²) in [6.45, 7) is -0.273. The van der Waals surface area contributed by atoms with Gasteiger partial charge in [0.15, 0.2) is 18.1 Å². The molecule has 0 aliphatic carbocycles. The molecule has 22 heavy (non-hydrogen) atoms. The molecule has 5 nitrogen and oxygen atoms in total. The molecule has 0 fully saturated rings. The van der Waals surface area contributed by atoms with Crippen LogP contribution in [-0.2, 0) is 9.53 Å². The lowest BCUT2D eigenvalue weighted by Gasteiger charge is -2.14. The first-order chi connectivity index (χ1) is 10.4. The van der Waals surface area contributed by atoms with Crippen molar-refractivity contribution in [2.24, 2.45) is 0 Å². The van der Waals surface area contributed by atoms with Crippen molar-refractivity contribution >= 4 is 5.97 Å². The fraction of sp³-hybridized carbons (Fsp3) is 0.500. The van der Waals surface area contributed by atoms with Crippen LogP contribution in [0.5, 0.6) is 11.5 Å². The number of halogens is 3. The molecule has 0 aromatic heterocycles. The zero-order chi connectivity index (χ0) is 16.4. The third kappa shape index (κ3) is 7.72. The summed E-state index contributed by atoms with van der Waals surface area (Å²) in [6, 6.07) is 6.14. The van der Waals surface area contributed by atoms with Crippen LogP contribution in [0, 0.1) is 0 Å². The Morgan fingerprint density at radius 1 is 1.14 bits per heavy atom. The summed E-state index contributed by atoms with van der Waals surface area (Å²) in [4.78, 5) is 10.9. The number of nitrogens with one attached hydrogen (secondary N) is 1. The molecular weight excluding hydrogens is 303 g/mol. The van der Waals surface area contributed by atoms with Gasteiger partial charge < -0.3 is 19.5 Å². The van der Waals surface area contributed by atoms with Gasteiger partial charge in [-0.05, 0) is 12.1 Å². The highest BCUT2D eigenvalue weighted by Gasteiger charge is 2.28. The summed E-state index contributed by atoms with van der Waals surface area (Å²) in [5.74, 6) is -0.0461. The number of ether oxygens (including phenoxy) is 3. The van der Waals surface area contributed by atoms with Gasteiger partial charge in [-0.2, -0.15) is 13.2 Å². The van der Waals surface area contributed by atoms with Crippen LogP contribution in [0.1, 0.15) is 6.42 Å². The smallest absolute Gasteiger partial charge is 0.422 e. The molecule has 0 heterocycles. The molecule has 0 atom stereocenters. The van der Waals surface area contributed by atoms with Crippen LogP contribution in [0.25, 0.3) is 0 Å². The van der Waals surface area contributed by atoms with E-state index in [0.717, 1.165) is 0 Å². The topological polar surface area (TPSA) is 56.8 Å². The molecule has 0 aliphatic rings. The van der Waals surface area contributed by atoms with E-state index in [-0.39, 0.29) is 30.5 Å². The minimum atomic E-state index is -4.40. The molecule has 0 spiro atoms. The number of alkyl halides is 3. The maximum absolute atomic E-state index is 12.1. The van der Waals surface area contributed by atoms with E-state index in [0.29, 0.717) is 13.1 Å². The molecule has 0 saturated heterocycles. The van der Waals surface area contributed by atoms with Gasteiger partial charge in [-0.3, -0.25) is 4.79 Å². The fourth-order valence-electron chi connectivity index (χ4n) is 1.50. The number of benzene rings is 1. The Kier molecular flexibility index (Phi) is 7.51. The Labute approximate surface area is 126 Å². The average Bonchev–Trinajstić information content (AvgIpc) is 2.48. The average molecular weight is 321 g/mol. The second kappa shape index (κ2) is 9.14. The number of rotatable bonds is 9. The Morgan fingerprint density at radius 3 is 2.36 bits per heavy atom. The first-order valence-corrected chi connectivity index (χ1v) is 6.61. The van der Waals surface area contributed by atoms with E-state index in [4.69, 9.17) is 9.47 Å². The minimum absolute atomic E-state index is 0.0365. The zero-order valence-electron chi connectivity index (χ0n) is 12.1. The van der Waals surface area contributed by atoms with Gasteiger partial charge in [0.05, 0.1) is 13.5 Å². The van der Waals surface area contributed by atoms with E-state index in [1.807, 2.05) is 0 Å². The SMILES string of the molecule is COC(=O)CCNCCOc1ccccc1OCC(F)(F)F. The minimum Gasteiger partial charge on any atom is -0.488 e. The van der Waals surface area contributed by atoms with Crippen molar-refractivity contribution < 1.29 is 32.2 Å². The molecule has 124 valence electrons. The van der Waals surface area contributed by atoms with Gasteiger partial charge in [0.25, 0.3) is 0 Å². The van der Waals surface area contributed by atoms with Gasteiger partial charge in [0.1, 0.15) is 6.61 Å². The van der Waals surface area contributed by atoms with Gasteiger partial charge >= 0.3 is 12.1 Å². The van der Waals surface area contributed by atoms with Gasteiger partial charge in [-0.1, -0.05) is 12.1 Å². The van der Waals surface area contributed by atoms with Crippen molar-refractivity contribution in [1.82, 2.24) is 5.32 Å². The van der Waals surface area contributed by atoms with E-state index < -0.39 is 12.8 Å². The first-order valence-electron chi connectivity index (χ1n) is 6.61. The monoisotopic (exact) mass is 321 g/mol. The van der Waals surface area contributed by atoms with Crippen molar-refractivity contribution in [3.8, 4) is 11.5 Å². The van der Waals surface area contributed by atoms with Crippen LogP contribution in [0.3, 0.4) is 0 Å². The zero-order valence-corrected chi connectivity index (χ0v) is 12.1. The highest BCUT2D eigenvalue weighted by Crippen LogP contribution is 2.28. The van der Waals surface area contributed by atoms with Crippen LogP contribution in [-0.4, -0.2) is 45.6 Å². The Hall–Kier alpha value is -1.96. The summed E-state index contributed by atoms with van der Waals surface area (Å²) in [6.07, 6.45) is -4.16. The van der Waals surface area contributed by atoms with Crippen molar-refractivity contribution in [3.05, 3.63) is 24.3 Å². The number of para-hydroxylation sites is 2. The molecule has 0 unspecified atom stereocenters. The maximum atomic E-state index is 12.1. The van der Waals surface area contributed by atoms with Gasteiger partial charge in [0.2, 0.25) is 0 Å². The second-order valence-electron chi connectivity index (χ2n) is 4.28. The number of carbonyl (C=O) groups is 1. The van der Waals surface area contributed by atoms with Crippen molar-refractivity contribution in [3.63, 3.8) is 0 Å². The highest BCUT2D eigenvalue weighted by molar-refractivity contribution is 5.69. The summed E-state index contributed by atoms with van der Waals surface area (Å²) in [5, 5.41) is 2.95. The molecule has 0 aliphatic heterocycles. The van der Waals surface area contributed by atoms with Crippen LogP contribution in [0.2, 0.25) is 0 Å². The molecule has 1 N–H and O–H groups in total. The van der Waals surface area contributed by atoms with E-state index in [9.17, 15) is 18.0 Å². The van der Waals surface area contributed by atoms with E-state index in [2.05, 4.69) is 10.1 Å². The highest BCUT2D eigenvalue weighted by atomic mass is 19.4. The van der Waals surface area contributed by atoms with Crippen LogP contribution in [0.15, 0.2) is 24.3 Å². The number of hydrogen-bond donors (Lipinski definition) is 1. The third-order valence-corrected chi connectivity index (χ3v) is 2.51. The van der Waals surface area contributed by atoms with Crippen molar-refractivity contribution in [1.29, 1.82) is 0 Å². The predicted molar refractivity (Wildman–Crippen MR) is 73.0 cm³/mol. The Balaban J connectivity index is 2.32. The maximum Gasteiger partial charge on any atom is 0.422 e. The van der Waals surface area contributed by atoms with E-state index in [1.165, 1.54) is 19.2 Å². The fourth-order valence-corrected chi connectivity index (χ4v) is 1.50.